The molecule has 0 N–H and O–H groups in total. The van der Waals surface area contributed by atoms with Gasteiger partial charge in [-0.15, -0.1) is 0 Å². The number of hydrogen-bond donors (Lipinski definition) is 0. The first-order valence-electron chi connectivity index (χ1n) is 21.2. The second kappa shape index (κ2) is 18.8. The first-order valence-corrected chi connectivity index (χ1v) is 21.2. The number of esters is 4. The van der Waals surface area contributed by atoms with E-state index in [1.807, 2.05) is 147 Å². The van der Waals surface area contributed by atoms with Gasteiger partial charge in [0.25, 0.3) is 0 Å². The smallest absolute Gasteiger partial charge is 0.343 e. The number of benzene rings is 10. The van der Waals surface area contributed by atoms with Gasteiger partial charge >= 0.3 is 23.9 Å². The molecular formula is C58H40O8. The van der Waals surface area contributed by atoms with Gasteiger partial charge in [0.2, 0.25) is 0 Å². The molecular weight excluding hydrogens is 825 g/mol. The van der Waals surface area contributed by atoms with Gasteiger partial charge in [-0.25, -0.2) is 19.2 Å². The van der Waals surface area contributed by atoms with Crippen LogP contribution in [0, 0.1) is 13.8 Å². The van der Waals surface area contributed by atoms with Gasteiger partial charge in [-0.1, -0.05) is 169 Å². The van der Waals surface area contributed by atoms with Crippen molar-refractivity contribution in [2.24, 2.45) is 0 Å². The SMILES string of the molecule is Cc1ccc(C(=O)Oc2c3ccccc3c(OC(=O)c3ccc(C)cc3)c3ccccc23)cc1.O=C(Oc1c2ccccc2c(OC(=O)c2ccccc2)c2ccccc12)c1ccccc1. The second-order valence-corrected chi connectivity index (χ2v) is 15.5. The van der Waals surface area contributed by atoms with E-state index in [0.717, 1.165) is 11.1 Å². The first kappa shape index (κ1) is 42.4. The van der Waals surface area contributed by atoms with Crippen LogP contribution in [0.15, 0.2) is 206 Å². The summed E-state index contributed by atoms with van der Waals surface area (Å²) in [6, 6.07) is 62.0. The van der Waals surface area contributed by atoms with Gasteiger partial charge in [-0.3, -0.25) is 0 Å². The molecule has 0 saturated heterocycles. The molecule has 0 fully saturated rings. The molecule has 320 valence electrons. The van der Waals surface area contributed by atoms with Crippen molar-refractivity contribution in [2.75, 3.05) is 0 Å². The van der Waals surface area contributed by atoms with Crippen LogP contribution in [0.1, 0.15) is 52.6 Å². The average Bonchev–Trinajstić information content (AvgIpc) is 3.36. The molecule has 0 saturated carbocycles. The van der Waals surface area contributed by atoms with Crippen molar-refractivity contribution in [1.29, 1.82) is 0 Å². The van der Waals surface area contributed by atoms with Crippen molar-refractivity contribution in [3.05, 3.63) is 240 Å². The Morgan fingerprint density at radius 2 is 0.424 bits per heavy atom. The summed E-state index contributed by atoms with van der Waals surface area (Å²) in [7, 11) is 0. The maximum Gasteiger partial charge on any atom is 0.343 e. The monoisotopic (exact) mass is 864 g/mol. The highest BCUT2D eigenvalue weighted by Crippen LogP contribution is 2.45. The summed E-state index contributed by atoms with van der Waals surface area (Å²) < 4.78 is 23.7. The van der Waals surface area contributed by atoms with E-state index in [1.54, 1.807) is 72.8 Å². The van der Waals surface area contributed by atoms with E-state index >= 15 is 0 Å². The number of rotatable bonds is 8. The Labute approximate surface area is 380 Å². The molecule has 0 aliphatic rings. The molecule has 0 aliphatic carbocycles. The predicted octanol–water partition coefficient (Wildman–Crippen LogP) is 13.5. The summed E-state index contributed by atoms with van der Waals surface area (Å²) in [6.45, 7) is 3.93. The Morgan fingerprint density at radius 1 is 0.242 bits per heavy atom. The normalized spacial score (nSPS) is 10.8. The van der Waals surface area contributed by atoms with Crippen LogP contribution >= 0.6 is 0 Å². The van der Waals surface area contributed by atoms with E-state index in [9.17, 15) is 19.2 Å². The zero-order valence-corrected chi connectivity index (χ0v) is 35.9. The number of aryl methyl sites for hydroxylation is 2. The van der Waals surface area contributed by atoms with Gasteiger partial charge < -0.3 is 18.9 Å². The molecule has 10 rings (SSSR count). The highest BCUT2D eigenvalue weighted by molar-refractivity contribution is 6.15. The fourth-order valence-electron chi connectivity index (χ4n) is 7.67. The quantitative estimate of drug-likeness (QED) is 0.0845. The van der Waals surface area contributed by atoms with Crippen molar-refractivity contribution in [3.8, 4) is 23.0 Å². The number of hydrogen-bond acceptors (Lipinski definition) is 8. The highest BCUT2D eigenvalue weighted by Gasteiger charge is 2.23. The molecule has 8 nitrogen and oxygen atoms in total. The van der Waals surface area contributed by atoms with Gasteiger partial charge in [-0.05, 0) is 62.4 Å². The van der Waals surface area contributed by atoms with Crippen LogP contribution in [0.5, 0.6) is 23.0 Å². The lowest BCUT2D eigenvalue weighted by atomic mass is 10.0. The van der Waals surface area contributed by atoms with E-state index in [4.69, 9.17) is 18.9 Å². The molecule has 0 spiro atoms. The predicted molar refractivity (Wildman–Crippen MR) is 258 cm³/mol. The standard InChI is InChI=1S/C30H22O4.C28H18O4/c1-19-11-15-21(16-12-19)29(31)33-27-23-7-3-5-9-25(23)28(26-10-6-4-8-24(26)27)34-30(32)22-17-13-20(2)14-18-22;29-27(19-11-3-1-4-12-19)31-25-21-15-7-9-17-23(21)26(24-18-10-8-16-22(24)25)32-28(30)20-13-5-2-6-14-20/h3-18H,1-2H3;1-18H. The molecule has 66 heavy (non-hydrogen) atoms. The second-order valence-electron chi connectivity index (χ2n) is 15.5. The molecule has 0 atom stereocenters. The van der Waals surface area contributed by atoms with E-state index in [1.165, 1.54) is 0 Å². The highest BCUT2D eigenvalue weighted by atomic mass is 16.5. The van der Waals surface area contributed by atoms with Gasteiger partial charge in [0.15, 0.2) is 0 Å². The third-order valence-electron chi connectivity index (χ3n) is 11.0. The van der Waals surface area contributed by atoms with Crippen molar-refractivity contribution in [1.82, 2.24) is 0 Å². The lowest BCUT2D eigenvalue weighted by Gasteiger charge is -2.16. The molecule has 10 aromatic carbocycles. The summed E-state index contributed by atoms with van der Waals surface area (Å²) in [4.78, 5) is 51.6. The fourth-order valence-corrected chi connectivity index (χ4v) is 7.67. The largest absolute Gasteiger partial charge is 0.422 e. The van der Waals surface area contributed by atoms with Gasteiger partial charge in [0, 0.05) is 43.1 Å². The van der Waals surface area contributed by atoms with E-state index < -0.39 is 23.9 Å². The Bertz CT molecular complexity index is 3090. The van der Waals surface area contributed by atoms with Crippen LogP contribution in [-0.2, 0) is 0 Å². The van der Waals surface area contributed by atoms with Crippen LogP contribution in [0.2, 0.25) is 0 Å². The zero-order chi connectivity index (χ0) is 45.6. The van der Waals surface area contributed by atoms with Crippen LogP contribution in [-0.4, -0.2) is 23.9 Å². The number of ether oxygens (including phenoxy) is 4. The summed E-state index contributed by atoms with van der Waals surface area (Å²) in [5.41, 5.74) is 3.97. The molecule has 0 amide bonds. The summed E-state index contributed by atoms with van der Waals surface area (Å²) in [6.07, 6.45) is 0. The number of carbonyl (C=O) groups is 4. The Morgan fingerprint density at radius 3 is 0.636 bits per heavy atom. The van der Waals surface area contributed by atoms with Gasteiger partial charge in [0.05, 0.1) is 22.3 Å². The average molecular weight is 865 g/mol. The molecule has 0 aliphatic heterocycles. The molecule has 8 heteroatoms. The number of fused-ring (bicyclic) bond motifs is 4. The van der Waals surface area contributed by atoms with Crippen molar-refractivity contribution in [3.63, 3.8) is 0 Å². The minimum absolute atomic E-state index is 0.435. The maximum atomic E-state index is 13.0. The zero-order valence-electron chi connectivity index (χ0n) is 35.9. The number of carbonyl (C=O) groups excluding carboxylic acids is 4. The molecule has 10 aromatic rings. The topological polar surface area (TPSA) is 105 Å². The molecule has 0 unspecified atom stereocenters. The third kappa shape index (κ3) is 8.84. The van der Waals surface area contributed by atoms with E-state index in [0.29, 0.717) is 88.3 Å². The fraction of sp³-hybridized carbons (Fsp3) is 0.0345. The molecule has 0 bridgehead atoms. The summed E-state index contributed by atoms with van der Waals surface area (Å²) in [5.74, 6) is -0.0442. The van der Waals surface area contributed by atoms with Crippen molar-refractivity contribution in [2.45, 2.75) is 13.8 Å². The van der Waals surface area contributed by atoms with Crippen LogP contribution in [0.4, 0.5) is 0 Å². The van der Waals surface area contributed by atoms with E-state index in [-0.39, 0.29) is 0 Å². The minimum Gasteiger partial charge on any atom is -0.422 e. The maximum absolute atomic E-state index is 13.0. The lowest BCUT2D eigenvalue weighted by Crippen LogP contribution is -2.11. The van der Waals surface area contributed by atoms with Crippen LogP contribution < -0.4 is 18.9 Å². The molecule has 0 radical (unpaired) electrons. The Balaban J connectivity index is 0.000000166. The Hall–Kier alpha value is -8.88. The first-order chi connectivity index (χ1) is 32.2. The van der Waals surface area contributed by atoms with E-state index in [2.05, 4.69) is 0 Å². The van der Waals surface area contributed by atoms with Gasteiger partial charge in [0.1, 0.15) is 23.0 Å². The molecule has 0 aromatic heterocycles. The summed E-state index contributed by atoms with van der Waals surface area (Å²) >= 11 is 0. The third-order valence-corrected chi connectivity index (χ3v) is 11.0. The lowest BCUT2D eigenvalue weighted by molar-refractivity contribution is 0.0726. The molecule has 0 heterocycles. The van der Waals surface area contributed by atoms with Crippen LogP contribution in [0.25, 0.3) is 43.1 Å². The minimum atomic E-state index is -0.449. The van der Waals surface area contributed by atoms with Crippen molar-refractivity contribution < 1.29 is 38.1 Å². The van der Waals surface area contributed by atoms with Gasteiger partial charge in [-0.2, -0.15) is 0 Å². The Kier molecular flexibility index (Phi) is 12.1. The summed E-state index contributed by atoms with van der Waals surface area (Å²) in [5, 5.41) is 5.50. The van der Waals surface area contributed by atoms with Crippen LogP contribution in [0.3, 0.4) is 0 Å². The van der Waals surface area contributed by atoms with Crippen molar-refractivity contribution >= 4 is 67.0 Å².